The SMILES string of the molecule is COc1ccc(-c2cnc3c(ccc4cc(-c5ccc(OC)cc5)c(C)nc43)c2)cc1. The van der Waals surface area contributed by atoms with Gasteiger partial charge in [0.15, 0.2) is 0 Å². The molecule has 0 unspecified atom stereocenters. The molecule has 0 fully saturated rings. The number of nitrogens with zero attached hydrogens (tertiary/aromatic N) is 2. The minimum Gasteiger partial charge on any atom is -0.497 e. The van der Waals surface area contributed by atoms with Crippen LogP contribution in [0.15, 0.2) is 79.0 Å². The Morgan fingerprint density at radius 1 is 0.613 bits per heavy atom. The number of fused-ring (bicyclic) bond motifs is 3. The van der Waals surface area contributed by atoms with Crippen molar-refractivity contribution in [1.29, 1.82) is 0 Å². The summed E-state index contributed by atoms with van der Waals surface area (Å²) in [5.41, 5.74) is 7.23. The van der Waals surface area contributed by atoms with Crippen LogP contribution >= 0.6 is 0 Å². The predicted octanol–water partition coefficient (Wildman–Crippen LogP) is 6.44. The van der Waals surface area contributed by atoms with Gasteiger partial charge in [-0.2, -0.15) is 0 Å². The zero-order chi connectivity index (χ0) is 21.4. The predicted molar refractivity (Wildman–Crippen MR) is 126 cm³/mol. The highest BCUT2D eigenvalue weighted by Gasteiger charge is 2.11. The molecule has 2 heterocycles. The summed E-state index contributed by atoms with van der Waals surface area (Å²) >= 11 is 0. The van der Waals surface area contributed by atoms with Gasteiger partial charge < -0.3 is 9.47 Å². The second-order valence-corrected chi connectivity index (χ2v) is 7.51. The maximum atomic E-state index is 5.28. The first-order valence-electron chi connectivity index (χ1n) is 10.2. The van der Waals surface area contributed by atoms with Crippen molar-refractivity contribution in [3.8, 4) is 33.8 Å². The lowest BCUT2D eigenvalue weighted by Gasteiger charge is -2.11. The Hall–Kier alpha value is -3.92. The molecule has 0 aliphatic carbocycles. The largest absolute Gasteiger partial charge is 0.497 e. The molecule has 31 heavy (non-hydrogen) atoms. The van der Waals surface area contributed by atoms with E-state index < -0.39 is 0 Å². The van der Waals surface area contributed by atoms with E-state index in [1.165, 1.54) is 0 Å². The van der Waals surface area contributed by atoms with E-state index in [-0.39, 0.29) is 0 Å². The molecule has 0 atom stereocenters. The minimum atomic E-state index is 0.843. The van der Waals surface area contributed by atoms with Crippen molar-refractivity contribution < 1.29 is 9.47 Å². The average molecular weight is 406 g/mol. The second kappa shape index (κ2) is 7.73. The number of hydrogen-bond donors (Lipinski definition) is 0. The highest BCUT2D eigenvalue weighted by molar-refractivity contribution is 6.04. The Balaban J connectivity index is 1.59. The van der Waals surface area contributed by atoms with Gasteiger partial charge in [-0.05, 0) is 54.4 Å². The molecule has 0 saturated heterocycles. The zero-order valence-electron chi connectivity index (χ0n) is 17.7. The first-order chi connectivity index (χ1) is 15.2. The van der Waals surface area contributed by atoms with E-state index in [0.29, 0.717) is 0 Å². The molecule has 3 aromatic carbocycles. The number of aryl methyl sites for hydroxylation is 1. The number of aromatic nitrogens is 2. The molecule has 0 spiro atoms. The third-order valence-electron chi connectivity index (χ3n) is 5.65. The zero-order valence-corrected chi connectivity index (χ0v) is 17.7. The average Bonchev–Trinajstić information content (AvgIpc) is 2.83. The highest BCUT2D eigenvalue weighted by Crippen LogP contribution is 2.32. The number of rotatable bonds is 4. The van der Waals surface area contributed by atoms with E-state index in [2.05, 4.69) is 36.4 Å². The number of benzene rings is 3. The summed E-state index contributed by atoms with van der Waals surface area (Å²) in [6.45, 7) is 2.05. The highest BCUT2D eigenvalue weighted by atomic mass is 16.5. The first-order valence-corrected chi connectivity index (χ1v) is 10.2. The lowest BCUT2D eigenvalue weighted by Crippen LogP contribution is -1.93. The van der Waals surface area contributed by atoms with Gasteiger partial charge in [-0.15, -0.1) is 0 Å². The third kappa shape index (κ3) is 3.46. The fourth-order valence-corrected chi connectivity index (χ4v) is 3.93. The first kappa shape index (κ1) is 19.1. The summed E-state index contributed by atoms with van der Waals surface area (Å²) < 4.78 is 10.5. The maximum absolute atomic E-state index is 5.28. The van der Waals surface area contributed by atoms with Gasteiger partial charge in [0.25, 0.3) is 0 Å². The maximum Gasteiger partial charge on any atom is 0.118 e. The van der Waals surface area contributed by atoms with Crippen LogP contribution in [0.5, 0.6) is 11.5 Å². The molecule has 2 aromatic heterocycles. The van der Waals surface area contributed by atoms with E-state index in [1.807, 2.05) is 49.5 Å². The molecular formula is C27H22N2O2. The molecule has 5 aromatic rings. The van der Waals surface area contributed by atoms with Crippen molar-refractivity contribution in [1.82, 2.24) is 9.97 Å². The summed E-state index contributed by atoms with van der Waals surface area (Å²) in [4.78, 5) is 9.72. The van der Waals surface area contributed by atoms with E-state index >= 15 is 0 Å². The lowest BCUT2D eigenvalue weighted by molar-refractivity contribution is 0.415. The molecule has 0 radical (unpaired) electrons. The molecule has 0 amide bonds. The van der Waals surface area contributed by atoms with E-state index in [1.54, 1.807) is 14.2 Å². The normalized spacial score (nSPS) is 11.1. The van der Waals surface area contributed by atoms with E-state index in [9.17, 15) is 0 Å². The van der Waals surface area contributed by atoms with Gasteiger partial charge in [0.1, 0.15) is 11.5 Å². The van der Waals surface area contributed by atoms with Gasteiger partial charge >= 0.3 is 0 Å². The van der Waals surface area contributed by atoms with E-state index in [4.69, 9.17) is 19.4 Å². The molecule has 0 bridgehead atoms. The van der Waals surface area contributed by atoms with Crippen LogP contribution < -0.4 is 9.47 Å². The van der Waals surface area contributed by atoms with Crippen molar-refractivity contribution >= 4 is 21.8 Å². The summed E-state index contributed by atoms with van der Waals surface area (Å²) in [6.07, 6.45) is 1.91. The minimum absolute atomic E-state index is 0.843. The fraction of sp³-hybridized carbons (Fsp3) is 0.111. The molecule has 4 heteroatoms. The van der Waals surface area contributed by atoms with Crippen LogP contribution in [-0.2, 0) is 0 Å². The Morgan fingerprint density at radius 2 is 1.19 bits per heavy atom. The number of hydrogen-bond acceptors (Lipinski definition) is 4. The van der Waals surface area contributed by atoms with Gasteiger partial charge in [0.2, 0.25) is 0 Å². The van der Waals surface area contributed by atoms with Crippen molar-refractivity contribution in [2.75, 3.05) is 14.2 Å². The van der Waals surface area contributed by atoms with Gasteiger partial charge in [-0.25, -0.2) is 0 Å². The molecular weight excluding hydrogens is 384 g/mol. The molecule has 0 aliphatic heterocycles. The van der Waals surface area contributed by atoms with Crippen LogP contribution in [0.2, 0.25) is 0 Å². The molecule has 152 valence electrons. The number of pyridine rings is 2. The molecule has 4 nitrogen and oxygen atoms in total. The van der Waals surface area contributed by atoms with Crippen LogP contribution in [-0.4, -0.2) is 24.2 Å². The van der Waals surface area contributed by atoms with Crippen LogP contribution in [0.25, 0.3) is 44.1 Å². The van der Waals surface area contributed by atoms with E-state index in [0.717, 1.165) is 61.3 Å². The third-order valence-corrected chi connectivity index (χ3v) is 5.65. The quantitative estimate of drug-likeness (QED) is 0.322. The van der Waals surface area contributed by atoms with Gasteiger partial charge in [0, 0.05) is 33.8 Å². The van der Waals surface area contributed by atoms with Crippen LogP contribution in [0.1, 0.15) is 5.69 Å². The van der Waals surface area contributed by atoms with Crippen molar-refractivity contribution in [2.45, 2.75) is 6.92 Å². The van der Waals surface area contributed by atoms with Crippen molar-refractivity contribution in [3.05, 3.63) is 84.7 Å². The monoisotopic (exact) mass is 406 g/mol. The Kier molecular flexibility index (Phi) is 4.75. The molecule has 0 aliphatic rings. The lowest BCUT2D eigenvalue weighted by atomic mass is 10.00. The Labute approximate surface area is 181 Å². The number of ether oxygens (including phenoxy) is 2. The van der Waals surface area contributed by atoms with Crippen LogP contribution in [0.3, 0.4) is 0 Å². The number of methoxy groups -OCH3 is 2. The van der Waals surface area contributed by atoms with Gasteiger partial charge in [0.05, 0.1) is 25.3 Å². The van der Waals surface area contributed by atoms with Crippen molar-refractivity contribution in [2.24, 2.45) is 0 Å². The Bertz CT molecular complexity index is 1390. The van der Waals surface area contributed by atoms with Crippen LogP contribution in [0.4, 0.5) is 0 Å². The summed E-state index contributed by atoms with van der Waals surface area (Å²) in [7, 11) is 3.35. The second-order valence-electron chi connectivity index (χ2n) is 7.51. The standard InChI is InChI=1S/C27H22N2O2/c1-17-25(19-8-12-24(31-3)13-9-19)15-21-5-4-20-14-22(16-28-26(20)27(21)29-17)18-6-10-23(30-2)11-7-18/h4-16H,1-3H3. The molecule has 0 saturated carbocycles. The summed E-state index contributed by atoms with van der Waals surface area (Å²) in [6, 6.07) is 24.7. The van der Waals surface area contributed by atoms with Crippen molar-refractivity contribution in [3.63, 3.8) is 0 Å². The summed E-state index contributed by atoms with van der Waals surface area (Å²) in [5, 5.41) is 2.15. The molecule has 5 rings (SSSR count). The smallest absolute Gasteiger partial charge is 0.118 e. The van der Waals surface area contributed by atoms with Crippen LogP contribution in [0, 0.1) is 6.92 Å². The van der Waals surface area contributed by atoms with Gasteiger partial charge in [-0.3, -0.25) is 9.97 Å². The molecule has 0 N–H and O–H groups in total. The fourth-order valence-electron chi connectivity index (χ4n) is 3.93. The summed E-state index contributed by atoms with van der Waals surface area (Å²) in [5.74, 6) is 1.69. The topological polar surface area (TPSA) is 44.2 Å². The Morgan fingerprint density at radius 3 is 1.81 bits per heavy atom. The van der Waals surface area contributed by atoms with Gasteiger partial charge in [-0.1, -0.05) is 36.4 Å².